The molecule has 4 aromatic rings. The Morgan fingerprint density at radius 3 is 2.39 bits per heavy atom. The number of hydrogen-bond acceptors (Lipinski definition) is 4. The maximum absolute atomic E-state index is 13.2. The van der Waals surface area contributed by atoms with Gasteiger partial charge in [0.1, 0.15) is 12.1 Å². The minimum atomic E-state index is -4.46. The van der Waals surface area contributed by atoms with Crippen molar-refractivity contribution in [2.45, 2.75) is 24.8 Å². The van der Waals surface area contributed by atoms with E-state index < -0.39 is 24.0 Å². The molecule has 9 heteroatoms. The van der Waals surface area contributed by atoms with Gasteiger partial charge in [0.05, 0.1) is 17.1 Å². The molecule has 6 nitrogen and oxygen atoms in total. The number of nitrogens with zero attached hydrogens (tertiary/aromatic N) is 4. The van der Waals surface area contributed by atoms with E-state index in [4.69, 9.17) is 4.74 Å². The Bertz CT molecular complexity index is 1270. The smallest absolute Gasteiger partial charge is 0.416 e. The number of amides is 1. The summed E-state index contributed by atoms with van der Waals surface area (Å²) in [4.78, 5) is 14.4. The summed E-state index contributed by atoms with van der Waals surface area (Å²) in [5.41, 5.74) is 1.98. The molecule has 1 unspecified atom stereocenters. The first kappa shape index (κ1) is 21.0. The topological polar surface area (TPSA) is 60.2 Å². The molecule has 5 rings (SSSR count). The molecule has 0 radical (unpaired) electrons. The van der Waals surface area contributed by atoms with Crippen LogP contribution in [0.25, 0.3) is 11.0 Å². The summed E-state index contributed by atoms with van der Waals surface area (Å²) in [6.07, 6.45) is -5.32. The number of para-hydroxylation sites is 1. The van der Waals surface area contributed by atoms with Crippen LogP contribution in [-0.4, -0.2) is 38.6 Å². The molecule has 0 N–H and O–H groups in total. The number of hydrogen-bond donors (Lipinski definition) is 0. The zero-order valence-corrected chi connectivity index (χ0v) is 17.3. The van der Waals surface area contributed by atoms with Crippen molar-refractivity contribution in [1.82, 2.24) is 19.9 Å². The number of fused-ring (bicyclic) bond motifs is 1. The van der Waals surface area contributed by atoms with Gasteiger partial charge in [-0.05, 0) is 41.8 Å². The van der Waals surface area contributed by atoms with E-state index in [9.17, 15) is 18.0 Å². The molecule has 2 heterocycles. The molecule has 3 aromatic carbocycles. The largest absolute Gasteiger partial charge is 0.447 e. The van der Waals surface area contributed by atoms with Gasteiger partial charge >= 0.3 is 12.3 Å². The van der Waals surface area contributed by atoms with Crippen molar-refractivity contribution in [2.24, 2.45) is 0 Å². The van der Waals surface area contributed by atoms with E-state index in [1.807, 2.05) is 42.5 Å². The number of aromatic nitrogens is 3. The molecular formula is C24H19F3N4O2. The van der Waals surface area contributed by atoms with Crippen molar-refractivity contribution in [3.63, 3.8) is 0 Å². The Kier molecular flexibility index (Phi) is 5.24. The van der Waals surface area contributed by atoms with Crippen LogP contribution in [0, 0.1) is 0 Å². The molecule has 0 bridgehead atoms. The molecule has 1 amide bonds. The lowest BCUT2D eigenvalue weighted by atomic mass is 10.0. The van der Waals surface area contributed by atoms with Crippen LogP contribution in [0.4, 0.5) is 18.0 Å². The summed E-state index contributed by atoms with van der Waals surface area (Å²) in [5, 5.41) is 8.44. The molecule has 2 atom stereocenters. The fourth-order valence-corrected chi connectivity index (χ4v) is 4.15. The number of alkyl halides is 3. The summed E-state index contributed by atoms with van der Waals surface area (Å²) < 4.78 is 46.4. The Balaban J connectivity index is 1.61. The molecular weight excluding hydrogens is 433 g/mol. The maximum Gasteiger partial charge on any atom is 0.416 e. The highest BCUT2D eigenvalue weighted by Crippen LogP contribution is 2.35. The molecule has 1 fully saturated rings. The van der Waals surface area contributed by atoms with Gasteiger partial charge in [-0.2, -0.15) is 13.2 Å². The summed E-state index contributed by atoms with van der Waals surface area (Å²) in [7, 11) is 0. The van der Waals surface area contributed by atoms with Crippen LogP contribution in [0.1, 0.15) is 22.9 Å². The van der Waals surface area contributed by atoms with Crippen LogP contribution >= 0.6 is 0 Å². The molecule has 1 saturated heterocycles. The predicted molar refractivity (Wildman–Crippen MR) is 114 cm³/mol. The zero-order chi connectivity index (χ0) is 23.0. The highest BCUT2D eigenvalue weighted by molar-refractivity contribution is 5.75. The second-order valence-corrected chi connectivity index (χ2v) is 7.84. The van der Waals surface area contributed by atoms with Crippen molar-refractivity contribution in [2.75, 3.05) is 6.61 Å². The van der Waals surface area contributed by atoms with Crippen LogP contribution in [0.5, 0.6) is 0 Å². The molecule has 0 aliphatic carbocycles. The fourth-order valence-electron chi connectivity index (χ4n) is 4.15. The standard InChI is InChI=1S/C24H19F3N4O2/c25-24(26,27)18-12-10-17(11-13-18)22(31-21-9-5-4-8-20(21)28-29-31)30-19(15-33-23(30)32)14-16-6-2-1-3-7-16/h1-13,19,22H,14-15H2/t19-,22?/m0/s1. The third kappa shape index (κ3) is 4.02. The van der Waals surface area contributed by atoms with E-state index in [1.165, 1.54) is 17.0 Å². The lowest BCUT2D eigenvalue weighted by Gasteiger charge is -2.31. The molecule has 0 spiro atoms. The molecule has 1 aromatic heterocycles. The van der Waals surface area contributed by atoms with E-state index >= 15 is 0 Å². The van der Waals surface area contributed by atoms with E-state index in [2.05, 4.69) is 10.3 Å². The van der Waals surface area contributed by atoms with Gasteiger partial charge in [0.2, 0.25) is 0 Å². The van der Waals surface area contributed by atoms with Crippen molar-refractivity contribution < 1.29 is 22.7 Å². The minimum Gasteiger partial charge on any atom is -0.447 e. The van der Waals surface area contributed by atoms with Crippen LogP contribution in [0.15, 0.2) is 78.9 Å². The summed E-state index contributed by atoms with van der Waals surface area (Å²) >= 11 is 0. The van der Waals surface area contributed by atoms with Crippen molar-refractivity contribution in [3.05, 3.63) is 95.6 Å². The van der Waals surface area contributed by atoms with E-state index in [0.717, 1.165) is 17.7 Å². The zero-order valence-electron chi connectivity index (χ0n) is 17.3. The molecule has 1 aliphatic rings. The monoisotopic (exact) mass is 452 g/mol. The summed E-state index contributed by atoms with van der Waals surface area (Å²) in [6, 6.07) is 21.3. The van der Waals surface area contributed by atoms with E-state index in [-0.39, 0.29) is 12.6 Å². The van der Waals surface area contributed by atoms with Gasteiger partial charge in [0.15, 0.2) is 6.17 Å². The van der Waals surface area contributed by atoms with Crippen molar-refractivity contribution in [1.29, 1.82) is 0 Å². The summed E-state index contributed by atoms with van der Waals surface area (Å²) in [5.74, 6) is 0. The second-order valence-electron chi connectivity index (χ2n) is 7.84. The van der Waals surface area contributed by atoms with Gasteiger partial charge in [-0.1, -0.05) is 59.8 Å². The number of ether oxygens (including phenoxy) is 1. The quantitative estimate of drug-likeness (QED) is 0.425. The van der Waals surface area contributed by atoms with Gasteiger partial charge in [-0.15, -0.1) is 5.10 Å². The molecule has 0 saturated carbocycles. The SMILES string of the molecule is O=C1OC[C@H](Cc2ccccc2)N1C(c1ccc(C(F)(F)F)cc1)n1nnc2ccccc21. The van der Waals surface area contributed by atoms with Crippen molar-refractivity contribution >= 4 is 17.1 Å². The van der Waals surface area contributed by atoms with Gasteiger partial charge in [-0.25, -0.2) is 9.48 Å². The minimum absolute atomic E-state index is 0.164. The average Bonchev–Trinajstić information content (AvgIpc) is 3.39. The second kappa shape index (κ2) is 8.23. The first-order valence-corrected chi connectivity index (χ1v) is 10.4. The number of halogens is 3. The van der Waals surface area contributed by atoms with E-state index in [1.54, 1.807) is 16.8 Å². The Hall–Kier alpha value is -3.88. The number of carbonyl (C=O) groups is 1. The highest BCUT2D eigenvalue weighted by Gasteiger charge is 2.41. The van der Waals surface area contributed by atoms with Crippen LogP contribution < -0.4 is 0 Å². The van der Waals surface area contributed by atoms with Gasteiger partial charge in [0.25, 0.3) is 0 Å². The summed E-state index contributed by atoms with van der Waals surface area (Å²) in [6.45, 7) is 0.164. The van der Waals surface area contributed by atoms with Crippen LogP contribution in [-0.2, 0) is 17.3 Å². The van der Waals surface area contributed by atoms with Crippen molar-refractivity contribution in [3.8, 4) is 0 Å². The number of rotatable bonds is 5. The third-order valence-electron chi connectivity index (χ3n) is 5.73. The van der Waals surface area contributed by atoms with Gasteiger partial charge < -0.3 is 4.74 Å². The Morgan fingerprint density at radius 2 is 1.67 bits per heavy atom. The van der Waals surface area contributed by atoms with Gasteiger partial charge in [0, 0.05) is 0 Å². The molecule has 168 valence electrons. The molecule has 1 aliphatic heterocycles. The lowest BCUT2D eigenvalue weighted by molar-refractivity contribution is -0.137. The first-order chi connectivity index (χ1) is 15.9. The normalized spacial score (nSPS) is 17.4. The first-order valence-electron chi connectivity index (χ1n) is 10.4. The number of carbonyl (C=O) groups excluding carboxylic acids is 1. The fraction of sp³-hybridized carbons (Fsp3) is 0.208. The number of cyclic esters (lactones) is 1. The van der Waals surface area contributed by atoms with Gasteiger partial charge in [-0.3, -0.25) is 4.90 Å². The third-order valence-corrected chi connectivity index (χ3v) is 5.73. The van der Waals surface area contributed by atoms with E-state index in [0.29, 0.717) is 23.0 Å². The highest BCUT2D eigenvalue weighted by atomic mass is 19.4. The number of benzene rings is 3. The Labute approximate surface area is 187 Å². The Morgan fingerprint density at radius 1 is 0.970 bits per heavy atom. The predicted octanol–water partition coefficient (Wildman–Crippen LogP) is 5.06. The average molecular weight is 452 g/mol. The lowest BCUT2D eigenvalue weighted by Crippen LogP contribution is -2.42. The molecule has 33 heavy (non-hydrogen) atoms. The maximum atomic E-state index is 13.2. The van der Waals surface area contributed by atoms with Crippen LogP contribution in [0.2, 0.25) is 0 Å². The van der Waals surface area contributed by atoms with Crippen LogP contribution in [0.3, 0.4) is 0 Å².